The molecule has 3 N–H and O–H groups in total. The fraction of sp³-hybridized carbons (Fsp3) is 0.474. The minimum absolute atomic E-state index is 0.0541. The normalized spacial score (nSPS) is 27.1. The van der Waals surface area contributed by atoms with Gasteiger partial charge in [0.05, 0.1) is 16.0 Å². The second kappa shape index (κ2) is 8.71. The number of hydrogen-bond acceptors (Lipinski definition) is 8. The minimum Gasteiger partial charge on any atom is -0.484 e. The Morgan fingerprint density at radius 1 is 1.35 bits per heavy atom. The van der Waals surface area contributed by atoms with Crippen molar-refractivity contribution >= 4 is 38.4 Å². The lowest BCUT2D eigenvalue weighted by molar-refractivity contribution is -0.153. The Kier molecular flexibility index (Phi) is 6.59. The molecule has 2 fully saturated rings. The van der Waals surface area contributed by atoms with Gasteiger partial charge in [-0.1, -0.05) is 11.6 Å². The van der Waals surface area contributed by atoms with Crippen LogP contribution in [-0.2, 0) is 24.2 Å². The van der Waals surface area contributed by atoms with E-state index in [2.05, 4.69) is 4.74 Å². The lowest BCUT2D eigenvalue weighted by Crippen LogP contribution is -2.42. The number of carbonyl (C=O) groups is 3. The van der Waals surface area contributed by atoms with Crippen LogP contribution in [0.15, 0.2) is 23.1 Å². The number of benzene rings is 1. The molecule has 10 nitrogen and oxygen atoms in total. The Bertz CT molecular complexity index is 1200. The molecule has 1 aliphatic heterocycles. The molecule has 15 heteroatoms. The van der Waals surface area contributed by atoms with E-state index in [1.807, 2.05) is 0 Å². The van der Waals surface area contributed by atoms with Crippen LogP contribution in [0.2, 0.25) is 5.02 Å². The molecule has 1 aromatic carbocycles. The summed E-state index contributed by atoms with van der Waals surface area (Å²) in [5.74, 6) is -4.03. The van der Waals surface area contributed by atoms with Gasteiger partial charge in [0.15, 0.2) is 12.0 Å². The lowest BCUT2D eigenvalue weighted by Gasteiger charge is -2.22. The third kappa shape index (κ3) is 4.68. The van der Waals surface area contributed by atoms with Crippen molar-refractivity contribution in [2.24, 2.45) is 17.1 Å². The summed E-state index contributed by atoms with van der Waals surface area (Å²) in [7, 11) is -4.77. The Hall–Kier alpha value is -2.89. The number of carboxylic acids is 1. The highest BCUT2D eigenvalue weighted by Crippen LogP contribution is 2.51. The molecule has 3 rings (SSSR count). The molecule has 2 aliphatic rings. The van der Waals surface area contributed by atoms with E-state index in [4.69, 9.17) is 17.3 Å². The van der Waals surface area contributed by atoms with Gasteiger partial charge >= 0.3 is 12.1 Å². The smallest absolute Gasteiger partial charge is 0.422 e. The highest BCUT2D eigenvalue weighted by atomic mass is 35.5. The summed E-state index contributed by atoms with van der Waals surface area (Å²) >= 11 is 5.89. The summed E-state index contributed by atoms with van der Waals surface area (Å²) < 4.78 is 67.1. The van der Waals surface area contributed by atoms with Crippen LogP contribution in [0.1, 0.15) is 12.8 Å². The van der Waals surface area contributed by atoms with Gasteiger partial charge in [0, 0.05) is 24.6 Å². The minimum atomic E-state index is -4.77. The van der Waals surface area contributed by atoms with E-state index in [1.54, 1.807) is 6.07 Å². The number of primary amides is 1. The van der Waals surface area contributed by atoms with Crippen molar-refractivity contribution in [1.29, 1.82) is 5.26 Å². The van der Waals surface area contributed by atoms with Crippen LogP contribution in [-0.4, -0.2) is 66.8 Å². The van der Waals surface area contributed by atoms with Gasteiger partial charge < -0.3 is 15.6 Å². The van der Waals surface area contributed by atoms with Gasteiger partial charge in [0.25, 0.3) is 5.12 Å². The van der Waals surface area contributed by atoms with Gasteiger partial charge in [-0.15, -0.1) is 0 Å². The van der Waals surface area contributed by atoms with E-state index in [0.717, 1.165) is 18.2 Å². The van der Waals surface area contributed by atoms with E-state index in [1.165, 1.54) is 4.90 Å². The number of carbonyl (C=O) groups excluding carboxylic acids is 2. The molecule has 0 bridgehead atoms. The number of aliphatic carboxylic acids is 1. The fourth-order valence-electron chi connectivity index (χ4n) is 3.99. The number of ether oxygens (including phenoxy) is 1. The summed E-state index contributed by atoms with van der Waals surface area (Å²) in [6, 6.07) is 2.07. The topological polar surface area (TPSA) is 168 Å². The van der Waals surface area contributed by atoms with Gasteiger partial charge in [-0.2, -0.15) is 18.4 Å². The molecule has 4 atom stereocenters. The van der Waals surface area contributed by atoms with Crippen LogP contribution >= 0.6 is 11.6 Å². The average Bonchev–Trinajstić information content (AvgIpc) is 3.33. The van der Waals surface area contributed by atoms with Crippen molar-refractivity contribution < 1.29 is 45.8 Å². The molecule has 34 heavy (non-hydrogen) atoms. The maximum absolute atomic E-state index is 12.9. The number of hydrogen-bond donors (Lipinski definition) is 2. The Morgan fingerprint density at radius 3 is 2.47 bits per heavy atom. The molecule has 1 heterocycles. The molecule has 184 valence electrons. The maximum Gasteiger partial charge on any atom is 0.422 e. The maximum atomic E-state index is 12.9. The first-order valence-corrected chi connectivity index (χ1v) is 11.5. The second-order valence-corrected chi connectivity index (χ2v) is 10.2. The van der Waals surface area contributed by atoms with Crippen LogP contribution in [0, 0.1) is 22.7 Å². The molecule has 1 amide bonds. The number of nitriles is 1. The van der Waals surface area contributed by atoms with Gasteiger partial charge in [-0.25, -0.2) is 8.42 Å². The van der Waals surface area contributed by atoms with Crippen LogP contribution in [0.25, 0.3) is 0 Å². The third-order valence-electron chi connectivity index (χ3n) is 5.78. The van der Waals surface area contributed by atoms with Crippen LogP contribution in [0.3, 0.4) is 0 Å². The Balaban J connectivity index is 1.82. The van der Waals surface area contributed by atoms with Crippen molar-refractivity contribution in [3.05, 3.63) is 23.2 Å². The number of nitrogens with zero attached hydrogens (tertiary/aromatic N) is 2. The molecular formula is C19H17ClF3N3O7S. The number of amides is 1. The predicted molar refractivity (Wildman–Crippen MR) is 107 cm³/mol. The zero-order valence-corrected chi connectivity index (χ0v) is 18.7. The number of halogens is 4. The highest BCUT2D eigenvalue weighted by Gasteiger charge is 2.66. The van der Waals surface area contributed by atoms with Gasteiger partial charge in [0.1, 0.15) is 11.8 Å². The highest BCUT2D eigenvalue weighted by molar-refractivity contribution is 8.06. The van der Waals surface area contributed by atoms with Crippen molar-refractivity contribution in [3.8, 4) is 11.8 Å². The molecule has 4 unspecified atom stereocenters. The summed E-state index contributed by atoms with van der Waals surface area (Å²) in [4.78, 5) is 36.8. The summed E-state index contributed by atoms with van der Waals surface area (Å²) in [6.07, 6.45) is -5.10. The van der Waals surface area contributed by atoms with Crippen LogP contribution in [0.5, 0.6) is 5.75 Å². The first-order valence-electron chi connectivity index (χ1n) is 9.62. The number of likely N-dealkylation sites (tertiary alicyclic amines) is 1. The van der Waals surface area contributed by atoms with E-state index >= 15 is 0 Å². The van der Waals surface area contributed by atoms with Crippen LogP contribution in [0.4, 0.5) is 13.2 Å². The molecule has 1 aromatic rings. The van der Waals surface area contributed by atoms with Crippen LogP contribution < -0.4 is 10.5 Å². The number of rotatable bonds is 7. The third-order valence-corrected chi connectivity index (χ3v) is 8.00. The molecule has 0 spiro atoms. The number of carboxylic acid groups (broad SMARTS) is 1. The number of sulfone groups is 1. The standard InChI is InChI=1S/C19H17ClF3N3O7S/c20-11-4-10(33-8-19(21,22)23)1-2-13(11)34(31,32)16(29)9-3-12(15(27)28)26(6-9)14-5-18(14,7-24)17(25)30/h1-2,4,9,12,14H,3,5-6,8H2,(H2,25,30)(H,27,28). The van der Waals surface area contributed by atoms with Gasteiger partial charge in [-0.05, 0) is 25.0 Å². The largest absolute Gasteiger partial charge is 0.484 e. The summed E-state index contributed by atoms with van der Waals surface area (Å²) in [5, 5.41) is 16.9. The predicted octanol–water partition coefficient (Wildman–Crippen LogP) is 1.12. The SMILES string of the molecule is N#CC1(C(N)=O)CC1N1CC(C(=O)S(=O)(=O)c2ccc(OCC(F)(F)F)cc2Cl)CC1C(=O)O. The average molecular weight is 524 g/mol. The zero-order chi connectivity index (χ0) is 25.6. The zero-order valence-electron chi connectivity index (χ0n) is 17.1. The van der Waals surface area contributed by atoms with Crippen molar-refractivity contribution in [2.75, 3.05) is 13.2 Å². The molecule has 0 aromatic heterocycles. The molecular weight excluding hydrogens is 507 g/mol. The monoisotopic (exact) mass is 523 g/mol. The molecule has 0 radical (unpaired) electrons. The van der Waals surface area contributed by atoms with E-state index in [0.29, 0.717) is 0 Å². The molecule has 1 saturated carbocycles. The fourth-order valence-corrected chi connectivity index (χ4v) is 5.85. The van der Waals surface area contributed by atoms with Crippen molar-refractivity contribution in [2.45, 2.75) is 36.0 Å². The molecule has 1 saturated heterocycles. The number of nitrogens with two attached hydrogens (primary N) is 1. The lowest BCUT2D eigenvalue weighted by atomic mass is 10.1. The van der Waals surface area contributed by atoms with E-state index in [-0.39, 0.29) is 18.7 Å². The van der Waals surface area contributed by atoms with E-state index in [9.17, 15) is 46.3 Å². The first-order chi connectivity index (χ1) is 15.6. The second-order valence-electron chi connectivity index (χ2n) is 7.97. The summed E-state index contributed by atoms with van der Waals surface area (Å²) in [6.45, 7) is -2.00. The quantitative estimate of drug-likeness (QED) is 0.532. The Morgan fingerprint density at radius 2 is 2.00 bits per heavy atom. The van der Waals surface area contributed by atoms with Gasteiger partial charge in [-0.3, -0.25) is 19.3 Å². The Labute approximate surface area is 195 Å². The van der Waals surface area contributed by atoms with Crippen molar-refractivity contribution in [1.82, 2.24) is 4.90 Å². The summed E-state index contributed by atoms with van der Waals surface area (Å²) in [5.41, 5.74) is 3.63. The van der Waals surface area contributed by atoms with Crippen molar-refractivity contribution in [3.63, 3.8) is 0 Å². The first kappa shape index (κ1) is 25.7. The molecule has 1 aliphatic carbocycles. The van der Waals surface area contributed by atoms with Gasteiger partial charge in [0.2, 0.25) is 15.7 Å². The number of alkyl halides is 3. The van der Waals surface area contributed by atoms with E-state index < -0.39 is 79.4 Å².